The molecule has 0 aliphatic carbocycles. The largest absolute Gasteiger partial charge is 0.467 e. The van der Waals surface area contributed by atoms with Crippen LogP contribution in [0.5, 0.6) is 0 Å². The fourth-order valence-electron chi connectivity index (χ4n) is 2.14. The van der Waals surface area contributed by atoms with Crippen LogP contribution >= 0.6 is 0 Å². The summed E-state index contributed by atoms with van der Waals surface area (Å²) in [7, 11) is 1.30. The Kier molecular flexibility index (Phi) is 4.70. The van der Waals surface area contributed by atoms with E-state index in [1.54, 1.807) is 13.0 Å². The molecule has 0 aliphatic rings. The summed E-state index contributed by atoms with van der Waals surface area (Å²) in [6.45, 7) is 5.39. The van der Waals surface area contributed by atoms with E-state index in [4.69, 9.17) is 4.74 Å². The van der Waals surface area contributed by atoms with Crippen molar-refractivity contribution in [2.24, 2.45) is 5.92 Å². The van der Waals surface area contributed by atoms with Gasteiger partial charge in [-0.05, 0) is 25.0 Å². The van der Waals surface area contributed by atoms with Crippen molar-refractivity contribution in [2.75, 3.05) is 7.11 Å². The van der Waals surface area contributed by atoms with Crippen LogP contribution in [0.2, 0.25) is 0 Å². The molecule has 0 bridgehead atoms. The molecule has 116 valence electrons. The van der Waals surface area contributed by atoms with E-state index in [1.165, 1.54) is 7.11 Å². The number of nitrogens with zero attached hydrogens (tertiary/aromatic N) is 2. The third-order valence-electron chi connectivity index (χ3n) is 3.37. The summed E-state index contributed by atoms with van der Waals surface area (Å²) in [5.74, 6) is -1.00. The van der Waals surface area contributed by atoms with Crippen molar-refractivity contribution in [3.63, 3.8) is 0 Å². The van der Waals surface area contributed by atoms with E-state index in [-0.39, 0.29) is 11.6 Å². The molecule has 2 aromatic rings. The summed E-state index contributed by atoms with van der Waals surface area (Å²) in [6.07, 6.45) is 0. The molecule has 0 fully saturated rings. The number of methoxy groups -OCH3 is 1. The molecule has 1 amide bonds. The number of nitrogens with one attached hydrogen (secondary N) is 1. The zero-order valence-corrected chi connectivity index (χ0v) is 13.1. The van der Waals surface area contributed by atoms with Crippen LogP contribution in [0.15, 0.2) is 24.3 Å². The monoisotopic (exact) mass is 301 g/mol. The number of aromatic nitrogens is 2. The molecule has 1 aromatic heterocycles. The predicted molar refractivity (Wildman–Crippen MR) is 82.4 cm³/mol. The Morgan fingerprint density at radius 3 is 2.27 bits per heavy atom. The first-order chi connectivity index (χ1) is 10.4. The zero-order chi connectivity index (χ0) is 16.3. The molecule has 1 unspecified atom stereocenters. The molecular weight excluding hydrogens is 282 g/mol. The minimum atomic E-state index is -0.717. The Labute approximate surface area is 128 Å². The molecule has 0 spiro atoms. The normalized spacial score (nSPS) is 12.2. The minimum Gasteiger partial charge on any atom is -0.467 e. The number of aryl methyl sites for hydroxylation is 1. The Bertz CT molecular complexity index is 713. The fraction of sp³-hybridized carbons (Fsp3) is 0.375. The minimum absolute atomic E-state index is 0.0925. The lowest BCUT2D eigenvalue weighted by molar-refractivity contribution is -0.144. The van der Waals surface area contributed by atoms with E-state index >= 15 is 0 Å². The van der Waals surface area contributed by atoms with Gasteiger partial charge in [-0.2, -0.15) is 0 Å². The quantitative estimate of drug-likeness (QED) is 0.872. The van der Waals surface area contributed by atoms with Gasteiger partial charge in [0.15, 0.2) is 0 Å². The average Bonchev–Trinajstić information content (AvgIpc) is 2.50. The maximum absolute atomic E-state index is 12.4. The van der Waals surface area contributed by atoms with Gasteiger partial charge in [0.25, 0.3) is 5.91 Å². The lowest BCUT2D eigenvalue weighted by Gasteiger charge is -2.19. The second-order valence-corrected chi connectivity index (χ2v) is 5.36. The lowest BCUT2D eigenvalue weighted by Crippen LogP contribution is -2.45. The highest BCUT2D eigenvalue weighted by Gasteiger charge is 2.26. The van der Waals surface area contributed by atoms with Gasteiger partial charge in [0.2, 0.25) is 0 Å². The number of ether oxygens (including phenoxy) is 1. The van der Waals surface area contributed by atoms with E-state index in [0.717, 1.165) is 5.52 Å². The number of hydrogen-bond donors (Lipinski definition) is 1. The van der Waals surface area contributed by atoms with Gasteiger partial charge in [-0.1, -0.05) is 26.0 Å². The second-order valence-electron chi connectivity index (χ2n) is 5.36. The second kappa shape index (κ2) is 6.51. The van der Waals surface area contributed by atoms with Crippen molar-refractivity contribution in [1.82, 2.24) is 15.3 Å². The molecule has 6 heteroatoms. The van der Waals surface area contributed by atoms with Crippen LogP contribution in [-0.4, -0.2) is 35.0 Å². The third-order valence-corrected chi connectivity index (χ3v) is 3.37. The molecule has 22 heavy (non-hydrogen) atoms. The summed E-state index contributed by atoms with van der Waals surface area (Å²) in [4.78, 5) is 32.9. The molecule has 0 saturated carbocycles. The van der Waals surface area contributed by atoms with Crippen molar-refractivity contribution in [3.05, 3.63) is 35.7 Å². The third kappa shape index (κ3) is 3.21. The number of fused-ring (bicyclic) bond motifs is 1. The molecular formula is C16H19N3O3. The summed E-state index contributed by atoms with van der Waals surface area (Å²) in [5.41, 5.74) is 2.10. The number of benzene rings is 1. The SMILES string of the molecule is COC(=O)C(NC(=O)c1nc2ccccc2nc1C)C(C)C. The Morgan fingerprint density at radius 2 is 1.73 bits per heavy atom. The number of carbonyl (C=O) groups excluding carboxylic acids is 2. The number of carbonyl (C=O) groups is 2. The number of para-hydroxylation sites is 2. The highest BCUT2D eigenvalue weighted by Crippen LogP contribution is 2.13. The molecule has 0 aliphatic heterocycles. The van der Waals surface area contributed by atoms with E-state index in [0.29, 0.717) is 11.2 Å². The predicted octanol–water partition coefficient (Wildman–Crippen LogP) is 1.87. The lowest BCUT2D eigenvalue weighted by atomic mass is 10.0. The first kappa shape index (κ1) is 15.9. The number of esters is 1. The zero-order valence-electron chi connectivity index (χ0n) is 13.1. The van der Waals surface area contributed by atoms with Gasteiger partial charge in [-0.3, -0.25) is 4.79 Å². The van der Waals surface area contributed by atoms with Gasteiger partial charge in [0.1, 0.15) is 11.7 Å². The van der Waals surface area contributed by atoms with Gasteiger partial charge in [0.05, 0.1) is 23.8 Å². The Balaban J connectivity index is 2.32. The smallest absolute Gasteiger partial charge is 0.328 e. The topological polar surface area (TPSA) is 81.2 Å². The average molecular weight is 301 g/mol. The van der Waals surface area contributed by atoms with E-state index < -0.39 is 17.9 Å². The van der Waals surface area contributed by atoms with E-state index in [1.807, 2.05) is 32.0 Å². The summed E-state index contributed by atoms with van der Waals surface area (Å²) in [6, 6.07) is 6.60. The van der Waals surface area contributed by atoms with E-state index in [2.05, 4.69) is 15.3 Å². The standard InChI is InChI=1S/C16H19N3O3/c1-9(2)13(16(21)22-4)19-15(20)14-10(3)17-11-7-5-6-8-12(11)18-14/h5-9,13H,1-4H3,(H,19,20). The van der Waals surface area contributed by atoms with Gasteiger partial charge >= 0.3 is 5.97 Å². The first-order valence-electron chi connectivity index (χ1n) is 7.06. The van der Waals surface area contributed by atoms with Crippen molar-refractivity contribution < 1.29 is 14.3 Å². The number of hydrogen-bond acceptors (Lipinski definition) is 5. The van der Waals surface area contributed by atoms with Crippen molar-refractivity contribution in [2.45, 2.75) is 26.8 Å². The maximum Gasteiger partial charge on any atom is 0.328 e. The first-order valence-corrected chi connectivity index (χ1v) is 7.06. The molecule has 6 nitrogen and oxygen atoms in total. The van der Waals surface area contributed by atoms with Crippen LogP contribution in [0.1, 0.15) is 30.0 Å². The fourth-order valence-corrected chi connectivity index (χ4v) is 2.14. The molecule has 0 radical (unpaired) electrons. The van der Waals surface area contributed by atoms with Crippen LogP contribution in [0.3, 0.4) is 0 Å². The van der Waals surface area contributed by atoms with Gasteiger partial charge in [-0.25, -0.2) is 14.8 Å². The molecule has 1 atom stereocenters. The molecule has 0 saturated heterocycles. The highest BCUT2D eigenvalue weighted by molar-refractivity contribution is 5.97. The number of rotatable bonds is 4. The highest BCUT2D eigenvalue weighted by atomic mass is 16.5. The molecule has 1 aromatic carbocycles. The van der Waals surface area contributed by atoms with Gasteiger partial charge in [0, 0.05) is 0 Å². The van der Waals surface area contributed by atoms with Crippen LogP contribution in [0.4, 0.5) is 0 Å². The Morgan fingerprint density at radius 1 is 1.14 bits per heavy atom. The van der Waals surface area contributed by atoms with Crippen LogP contribution in [0.25, 0.3) is 11.0 Å². The van der Waals surface area contributed by atoms with E-state index in [9.17, 15) is 9.59 Å². The Hall–Kier alpha value is -2.50. The summed E-state index contributed by atoms with van der Waals surface area (Å²) in [5, 5.41) is 2.67. The van der Waals surface area contributed by atoms with Crippen molar-refractivity contribution in [3.8, 4) is 0 Å². The molecule has 2 rings (SSSR count). The maximum atomic E-state index is 12.4. The van der Waals surface area contributed by atoms with Gasteiger partial charge < -0.3 is 10.1 Å². The number of amides is 1. The summed E-state index contributed by atoms with van der Waals surface area (Å²) < 4.78 is 4.72. The molecule has 1 heterocycles. The summed E-state index contributed by atoms with van der Waals surface area (Å²) >= 11 is 0. The van der Waals surface area contributed by atoms with Gasteiger partial charge in [-0.15, -0.1) is 0 Å². The van der Waals surface area contributed by atoms with Crippen molar-refractivity contribution in [1.29, 1.82) is 0 Å². The molecule has 1 N–H and O–H groups in total. The van der Waals surface area contributed by atoms with Crippen LogP contribution in [0, 0.1) is 12.8 Å². The van der Waals surface area contributed by atoms with Crippen molar-refractivity contribution >= 4 is 22.9 Å². The van der Waals surface area contributed by atoms with Crippen LogP contribution in [-0.2, 0) is 9.53 Å². The van der Waals surface area contributed by atoms with Crippen LogP contribution < -0.4 is 5.32 Å².